The molecule has 1 aromatic rings. The van der Waals surface area contributed by atoms with E-state index in [1.165, 1.54) is 5.54 Å². The van der Waals surface area contributed by atoms with Gasteiger partial charge in [0.25, 0.3) is 0 Å². The van der Waals surface area contributed by atoms with Crippen molar-refractivity contribution >= 4 is 17.7 Å². The monoisotopic (exact) mass is 178 g/mol. The van der Waals surface area contributed by atoms with Gasteiger partial charge in [-0.15, -0.1) is 0 Å². The number of furan rings is 1. The lowest BCUT2D eigenvalue weighted by Crippen LogP contribution is -1.57. The fourth-order valence-electron chi connectivity index (χ4n) is 0.638. The van der Waals surface area contributed by atoms with Crippen molar-refractivity contribution in [2.24, 2.45) is 0 Å². The van der Waals surface area contributed by atoms with Gasteiger partial charge in [0.05, 0.1) is 6.26 Å². The number of hydrogen-bond acceptors (Lipinski definition) is 1. The third-order valence-electron chi connectivity index (χ3n) is 1.10. The summed E-state index contributed by atoms with van der Waals surface area (Å²) in [6.45, 7) is 0. The van der Waals surface area contributed by atoms with Crippen LogP contribution in [-0.4, -0.2) is 0 Å². The fourth-order valence-corrected chi connectivity index (χ4v) is 0.701. The summed E-state index contributed by atoms with van der Waals surface area (Å²) in [5.74, 6) is 6.26. The van der Waals surface area contributed by atoms with Crippen LogP contribution in [0.15, 0.2) is 40.5 Å². The molecule has 60 valence electrons. The molecule has 1 nitrogen and oxygen atoms in total. The van der Waals surface area contributed by atoms with Crippen LogP contribution in [0.5, 0.6) is 0 Å². The van der Waals surface area contributed by atoms with Crippen LogP contribution < -0.4 is 0 Å². The lowest BCUT2D eigenvalue weighted by Gasteiger charge is -1.76. The Morgan fingerprint density at radius 1 is 1.33 bits per heavy atom. The van der Waals surface area contributed by atoms with Crippen LogP contribution in [0.1, 0.15) is 5.76 Å². The van der Waals surface area contributed by atoms with Crippen LogP contribution in [0.25, 0.3) is 6.08 Å². The molecule has 2 heteroatoms. The molecule has 0 fully saturated rings. The van der Waals surface area contributed by atoms with Gasteiger partial charge in [-0.3, -0.25) is 0 Å². The van der Waals surface area contributed by atoms with Crippen LogP contribution in [0, 0.1) is 11.8 Å². The van der Waals surface area contributed by atoms with Gasteiger partial charge in [-0.25, -0.2) is 0 Å². The minimum absolute atomic E-state index is 0.791. The van der Waals surface area contributed by atoms with Crippen molar-refractivity contribution in [2.75, 3.05) is 0 Å². The molecule has 12 heavy (non-hydrogen) atoms. The molecule has 0 aliphatic carbocycles. The first-order valence-electron chi connectivity index (χ1n) is 3.40. The standard InChI is InChI=1S/C10H7ClO/c11-8-4-2-1-3-6-10-7-5-9-12-10/h3-9H/b6-3+,8-4+. The van der Waals surface area contributed by atoms with Gasteiger partial charge in [0.2, 0.25) is 0 Å². The molecular weight excluding hydrogens is 172 g/mol. The van der Waals surface area contributed by atoms with Gasteiger partial charge in [0.15, 0.2) is 0 Å². The van der Waals surface area contributed by atoms with Gasteiger partial charge >= 0.3 is 0 Å². The molecule has 0 amide bonds. The van der Waals surface area contributed by atoms with E-state index >= 15 is 0 Å². The second-order valence-corrected chi connectivity index (χ2v) is 2.18. The van der Waals surface area contributed by atoms with Crippen molar-refractivity contribution in [3.8, 4) is 11.8 Å². The highest BCUT2D eigenvalue weighted by Crippen LogP contribution is 2.00. The molecule has 0 atom stereocenters. The molecule has 0 saturated heterocycles. The zero-order valence-electron chi connectivity index (χ0n) is 6.33. The average molecular weight is 179 g/mol. The Bertz CT molecular complexity index is 322. The summed E-state index contributed by atoms with van der Waals surface area (Å²) in [5.41, 5.74) is 1.37. The molecule has 1 heterocycles. The van der Waals surface area contributed by atoms with E-state index in [0.29, 0.717) is 0 Å². The number of rotatable bonds is 1. The van der Waals surface area contributed by atoms with Crippen molar-refractivity contribution in [3.63, 3.8) is 0 Å². The van der Waals surface area contributed by atoms with Crippen molar-refractivity contribution in [3.05, 3.63) is 41.8 Å². The SMILES string of the molecule is Cl/C=C/C#C/C=C/c1ccco1. The molecule has 0 aromatic carbocycles. The summed E-state index contributed by atoms with van der Waals surface area (Å²) in [4.78, 5) is 0. The van der Waals surface area contributed by atoms with Gasteiger partial charge in [0, 0.05) is 5.54 Å². The van der Waals surface area contributed by atoms with E-state index < -0.39 is 0 Å². The van der Waals surface area contributed by atoms with Crippen molar-refractivity contribution in [1.82, 2.24) is 0 Å². The number of allylic oxidation sites excluding steroid dienone is 2. The lowest BCUT2D eigenvalue weighted by atomic mass is 10.4. The normalized spacial score (nSPS) is 10.4. The summed E-state index contributed by atoms with van der Waals surface area (Å²) >= 11 is 5.25. The Morgan fingerprint density at radius 2 is 2.17 bits per heavy atom. The molecule has 0 bridgehead atoms. The molecule has 0 N–H and O–H groups in total. The quantitative estimate of drug-likeness (QED) is 0.603. The highest BCUT2D eigenvalue weighted by molar-refractivity contribution is 6.25. The second kappa shape index (κ2) is 5.29. The maximum absolute atomic E-state index is 5.25. The van der Waals surface area contributed by atoms with E-state index in [2.05, 4.69) is 11.8 Å². The predicted octanol–water partition coefficient (Wildman–Crippen LogP) is 3.05. The maximum Gasteiger partial charge on any atom is 0.127 e. The van der Waals surface area contributed by atoms with E-state index in [0.717, 1.165) is 5.76 Å². The lowest BCUT2D eigenvalue weighted by molar-refractivity contribution is 0.557. The summed E-state index contributed by atoms with van der Waals surface area (Å²) in [6, 6.07) is 3.68. The highest BCUT2D eigenvalue weighted by Gasteiger charge is 1.83. The summed E-state index contributed by atoms with van der Waals surface area (Å²) in [5, 5.41) is 0. The Hall–Kier alpha value is -1.39. The number of halogens is 1. The van der Waals surface area contributed by atoms with Crippen LogP contribution >= 0.6 is 11.6 Å². The molecule has 0 aliphatic rings. The van der Waals surface area contributed by atoms with E-state index in [-0.39, 0.29) is 0 Å². The minimum Gasteiger partial charge on any atom is -0.465 e. The van der Waals surface area contributed by atoms with Gasteiger partial charge in [-0.2, -0.15) is 0 Å². The van der Waals surface area contributed by atoms with Crippen molar-refractivity contribution in [1.29, 1.82) is 0 Å². The Kier molecular flexibility index (Phi) is 3.83. The second-order valence-electron chi connectivity index (χ2n) is 1.93. The molecule has 0 unspecified atom stereocenters. The van der Waals surface area contributed by atoms with Crippen molar-refractivity contribution in [2.45, 2.75) is 0 Å². The summed E-state index contributed by atoms with van der Waals surface area (Å²) in [6.07, 6.45) is 6.67. The maximum atomic E-state index is 5.25. The average Bonchev–Trinajstić information content (AvgIpc) is 2.57. The molecular formula is C10H7ClO. The zero-order chi connectivity index (χ0) is 8.65. The van der Waals surface area contributed by atoms with Gasteiger partial charge < -0.3 is 4.42 Å². The van der Waals surface area contributed by atoms with Gasteiger partial charge in [-0.1, -0.05) is 23.4 Å². The molecule has 0 radical (unpaired) electrons. The van der Waals surface area contributed by atoms with Gasteiger partial charge in [0.1, 0.15) is 5.76 Å². The smallest absolute Gasteiger partial charge is 0.127 e. The first kappa shape index (κ1) is 8.70. The minimum atomic E-state index is 0.791. The molecule has 1 aromatic heterocycles. The largest absolute Gasteiger partial charge is 0.465 e. The van der Waals surface area contributed by atoms with Crippen LogP contribution in [0.2, 0.25) is 0 Å². The van der Waals surface area contributed by atoms with E-state index in [4.69, 9.17) is 16.0 Å². The third kappa shape index (κ3) is 3.14. The summed E-state index contributed by atoms with van der Waals surface area (Å²) in [7, 11) is 0. The fraction of sp³-hybridized carbons (Fsp3) is 0. The predicted molar refractivity (Wildman–Crippen MR) is 50.5 cm³/mol. The molecule has 0 aliphatic heterocycles. The van der Waals surface area contributed by atoms with E-state index in [9.17, 15) is 0 Å². The molecule has 1 rings (SSSR count). The van der Waals surface area contributed by atoms with Gasteiger partial charge in [-0.05, 0) is 30.4 Å². The summed E-state index contributed by atoms with van der Waals surface area (Å²) < 4.78 is 5.04. The Labute approximate surface area is 76.3 Å². The van der Waals surface area contributed by atoms with E-state index in [1.54, 1.807) is 24.5 Å². The molecule has 0 saturated carbocycles. The third-order valence-corrected chi connectivity index (χ3v) is 1.23. The van der Waals surface area contributed by atoms with Crippen molar-refractivity contribution < 1.29 is 4.42 Å². The first-order chi connectivity index (χ1) is 5.93. The Balaban J connectivity index is 2.48. The number of hydrogen-bond donors (Lipinski definition) is 0. The van der Waals surface area contributed by atoms with E-state index in [1.807, 2.05) is 12.1 Å². The topological polar surface area (TPSA) is 13.1 Å². The first-order valence-corrected chi connectivity index (χ1v) is 3.83. The highest BCUT2D eigenvalue weighted by atomic mass is 35.5. The van der Waals surface area contributed by atoms with Crippen LogP contribution in [0.4, 0.5) is 0 Å². The zero-order valence-corrected chi connectivity index (χ0v) is 7.08. The van der Waals surface area contributed by atoms with Crippen LogP contribution in [-0.2, 0) is 0 Å². The Morgan fingerprint density at radius 3 is 2.83 bits per heavy atom. The van der Waals surface area contributed by atoms with Crippen LogP contribution in [0.3, 0.4) is 0 Å². The molecule has 0 spiro atoms.